The molecule has 0 bridgehead atoms. The fourth-order valence-electron chi connectivity index (χ4n) is 1.97. The van der Waals surface area contributed by atoms with Gasteiger partial charge in [-0.05, 0) is 37.8 Å². The summed E-state index contributed by atoms with van der Waals surface area (Å²) in [4.78, 5) is 11.9. The van der Waals surface area contributed by atoms with E-state index in [0.29, 0.717) is 0 Å². The van der Waals surface area contributed by atoms with Crippen molar-refractivity contribution in [2.75, 3.05) is 11.9 Å². The van der Waals surface area contributed by atoms with E-state index in [4.69, 9.17) is 0 Å². The van der Waals surface area contributed by atoms with E-state index in [9.17, 15) is 4.79 Å². The summed E-state index contributed by atoms with van der Waals surface area (Å²) in [6.07, 6.45) is 2.08. The lowest BCUT2D eigenvalue weighted by atomic mass is 9.91. The Labute approximate surface area is 93.9 Å². The van der Waals surface area contributed by atoms with Gasteiger partial charge in [-0.15, -0.1) is 0 Å². The Kier molecular flexibility index (Phi) is 3.38. The number of carbonyl (C=O) groups is 1. The molecule has 4 heteroatoms. The van der Waals surface area contributed by atoms with Gasteiger partial charge in [-0.1, -0.05) is 0 Å². The van der Waals surface area contributed by atoms with Gasteiger partial charge < -0.3 is 10.6 Å². The summed E-state index contributed by atoms with van der Waals surface area (Å²) in [5.41, 5.74) is 0.919. The van der Waals surface area contributed by atoms with Gasteiger partial charge in [0.1, 0.15) is 0 Å². The monoisotopic (exact) mass is 224 g/mol. The number of piperidine rings is 1. The van der Waals surface area contributed by atoms with Crippen LogP contribution >= 0.6 is 11.3 Å². The molecule has 82 valence electrons. The van der Waals surface area contributed by atoms with Gasteiger partial charge in [0, 0.05) is 11.4 Å². The topological polar surface area (TPSA) is 41.1 Å². The van der Waals surface area contributed by atoms with Gasteiger partial charge >= 0.3 is 0 Å². The van der Waals surface area contributed by atoms with Crippen LogP contribution in [0.1, 0.15) is 19.8 Å². The maximum Gasteiger partial charge on any atom is 0.229 e. The van der Waals surface area contributed by atoms with E-state index in [1.54, 1.807) is 11.3 Å². The van der Waals surface area contributed by atoms with Gasteiger partial charge in [0.15, 0.2) is 0 Å². The van der Waals surface area contributed by atoms with E-state index in [2.05, 4.69) is 17.6 Å². The molecule has 0 unspecified atom stereocenters. The van der Waals surface area contributed by atoms with E-state index < -0.39 is 0 Å². The van der Waals surface area contributed by atoms with E-state index in [0.717, 1.165) is 25.1 Å². The molecule has 1 fully saturated rings. The molecule has 1 aromatic rings. The van der Waals surface area contributed by atoms with Crippen molar-refractivity contribution in [3.63, 3.8) is 0 Å². The number of hydrogen-bond donors (Lipinski definition) is 2. The zero-order valence-corrected chi connectivity index (χ0v) is 9.64. The summed E-state index contributed by atoms with van der Waals surface area (Å²) in [5, 5.41) is 10.2. The summed E-state index contributed by atoms with van der Waals surface area (Å²) in [6, 6.07) is 2.22. The van der Waals surface area contributed by atoms with Crippen molar-refractivity contribution in [2.45, 2.75) is 25.8 Å². The lowest BCUT2D eigenvalue weighted by Gasteiger charge is -2.28. The first-order chi connectivity index (χ1) is 7.27. The number of amides is 1. The van der Waals surface area contributed by atoms with Crippen molar-refractivity contribution in [1.29, 1.82) is 0 Å². The van der Waals surface area contributed by atoms with Crippen LogP contribution in [-0.2, 0) is 4.79 Å². The molecule has 1 saturated heterocycles. The number of hydrogen-bond acceptors (Lipinski definition) is 3. The second-order valence-electron chi connectivity index (χ2n) is 3.99. The number of carbonyl (C=O) groups excluding carboxylic acids is 1. The molecule has 1 aliphatic rings. The number of nitrogens with one attached hydrogen (secondary N) is 2. The Morgan fingerprint density at radius 3 is 3.20 bits per heavy atom. The fourth-order valence-corrected chi connectivity index (χ4v) is 2.56. The minimum Gasteiger partial charge on any atom is -0.325 e. The van der Waals surface area contributed by atoms with Gasteiger partial charge in [0.2, 0.25) is 5.91 Å². The summed E-state index contributed by atoms with van der Waals surface area (Å²) in [5.74, 6) is 0.256. The van der Waals surface area contributed by atoms with Gasteiger partial charge in [-0.3, -0.25) is 4.79 Å². The van der Waals surface area contributed by atoms with Crippen molar-refractivity contribution < 1.29 is 4.79 Å². The van der Waals surface area contributed by atoms with Gasteiger partial charge in [-0.25, -0.2) is 0 Å². The van der Waals surface area contributed by atoms with Crippen LogP contribution in [0.25, 0.3) is 0 Å². The summed E-state index contributed by atoms with van der Waals surface area (Å²) in [6.45, 7) is 3.11. The Bertz CT molecular complexity index is 323. The van der Waals surface area contributed by atoms with Crippen molar-refractivity contribution in [3.8, 4) is 0 Å². The predicted octanol–water partition coefficient (Wildman–Crippen LogP) is 2.07. The molecule has 1 aliphatic heterocycles. The molecular weight excluding hydrogens is 208 g/mol. The Morgan fingerprint density at radius 1 is 1.67 bits per heavy atom. The lowest BCUT2D eigenvalue weighted by molar-refractivity contribution is -0.121. The largest absolute Gasteiger partial charge is 0.325 e. The van der Waals surface area contributed by atoms with Crippen LogP contribution in [0, 0.1) is 5.92 Å². The number of thiophene rings is 1. The first-order valence-corrected chi connectivity index (χ1v) is 6.28. The normalized spacial score (nSPS) is 26.2. The fraction of sp³-hybridized carbons (Fsp3) is 0.545. The molecule has 0 radical (unpaired) electrons. The van der Waals surface area contributed by atoms with Crippen molar-refractivity contribution in [3.05, 3.63) is 16.8 Å². The average molecular weight is 224 g/mol. The highest BCUT2D eigenvalue weighted by Gasteiger charge is 2.27. The molecule has 2 rings (SSSR count). The van der Waals surface area contributed by atoms with Crippen molar-refractivity contribution in [1.82, 2.24) is 5.32 Å². The van der Waals surface area contributed by atoms with Crippen LogP contribution < -0.4 is 10.6 Å². The molecule has 2 atom stereocenters. The molecule has 0 aromatic carbocycles. The maximum atomic E-state index is 11.9. The number of anilines is 1. The first-order valence-electron chi connectivity index (χ1n) is 5.34. The predicted molar refractivity (Wildman–Crippen MR) is 63.1 cm³/mol. The zero-order chi connectivity index (χ0) is 10.7. The van der Waals surface area contributed by atoms with Crippen LogP contribution in [0.15, 0.2) is 16.8 Å². The summed E-state index contributed by atoms with van der Waals surface area (Å²) >= 11 is 1.60. The second kappa shape index (κ2) is 4.77. The van der Waals surface area contributed by atoms with Crippen LogP contribution in [0.3, 0.4) is 0 Å². The SMILES string of the molecule is C[C@H]1NCCC[C@H]1C(=O)Nc1ccsc1. The molecule has 2 N–H and O–H groups in total. The Balaban J connectivity index is 1.95. The molecule has 2 heterocycles. The van der Waals surface area contributed by atoms with Crippen molar-refractivity contribution in [2.24, 2.45) is 5.92 Å². The van der Waals surface area contributed by atoms with Crippen LogP contribution in [0.2, 0.25) is 0 Å². The lowest BCUT2D eigenvalue weighted by Crippen LogP contribution is -2.44. The maximum absolute atomic E-state index is 11.9. The minimum absolute atomic E-state index is 0.110. The minimum atomic E-state index is 0.110. The van der Waals surface area contributed by atoms with Crippen molar-refractivity contribution >= 4 is 22.9 Å². The van der Waals surface area contributed by atoms with E-state index >= 15 is 0 Å². The molecule has 15 heavy (non-hydrogen) atoms. The summed E-state index contributed by atoms with van der Waals surface area (Å²) in [7, 11) is 0. The molecular formula is C11H16N2OS. The average Bonchev–Trinajstić information content (AvgIpc) is 2.71. The van der Waals surface area contributed by atoms with Gasteiger partial charge in [0.05, 0.1) is 11.6 Å². The van der Waals surface area contributed by atoms with Crippen LogP contribution in [0.5, 0.6) is 0 Å². The summed E-state index contributed by atoms with van der Waals surface area (Å²) < 4.78 is 0. The van der Waals surface area contributed by atoms with E-state index in [1.165, 1.54) is 0 Å². The molecule has 0 aliphatic carbocycles. The highest BCUT2D eigenvalue weighted by atomic mass is 32.1. The quantitative estimate of drug-likeness (QED) is 0.807. The Morgan fingerprint density at radius 2 is 2.53 bits per heavy atom. The second-order valence-corrected chi connectivity index (χ2v) is 4.77. The molecule has 0 saturated carbocycles. The smallest absolute Gasteiger partial charge is 0.229 e. The zero-order valence-electron chi connectivity index (χ0n) is 8.82. The van der Waals surface area contributed by atoms with Crippen LogP contribution in [0.4, 0.5) is 5.69 Å². The molecule has 0 spiro atoms. The Hall–Kier alpha value is -0.870. The third kappa shape index (κ3) is 2.58. The molecule has 1 aromatic heterocycles. The molecule has 3 nitrogen and oxygen atoms in total. The highest BCUT2D eigenvalue weighted by Crippen LogP contribution is 2.19. The van der Waals surface area contributed by atoms with Gasteiger partial charge in [0.25, 0.3) is 0 Å². The third-order valence-electron chi connectivity index (χ3n) is 2.89. The first kappa shape index (κ1) is 10.6. The molecule has 1 amide bonds. The number of rotatable bonds is 2. The third-order valence-corrected chi connectivity index (χ3v) is 3.57. The van der Waals surface area contributed by atoms with Gasteiger partial charge in [-0.2, -0.15) is 11.3 Å². The standard InChI is InChI=1S/C11H16N2OS/c1-8-10(3-2-5-12-8)11(14)13-9-4-6-15-7-9/h4,6-8,10,12H,2-3,5H2,1H3,(H,13,14)/t8-,10-/m1/s1. The van der Waals surface area contributed by atoms with E-state index in [1.807, 2.05) is 16.8 Å². The highest BCUT2D eigenvalue weighted by molar-refractivity contribution is 7.08. The van der Waals surface area contributed by atoms with Crippen LogP contribution in [-0.4, -0.2) is 18.5 Å². The van der Waals surface area contributed by atoms with E-state index in [-0.39, 0.29) is 17.9 Å².